The molecule has 1 aliphatic rings. The maximum atomic E-state index is 9.86. The van der Waals surface area contributed by atoms with Crippen molar-refractivity contribution in [2.45, 2.75) is 24.9 Å². The average Bonchev–Trinajstić information content (AvgIpc) is 2.87. The molecule has 88 valence electrons. The second-order valence-electron chi connectivity index (χ2n) is 4.96. The molecule has 1 heterocycles. The second-order valence-corrected chi connectivity index (χ2v) is 4.96. The van der Waals surface area contributed by atoms with Gasteiger partial charge in [-0.2, -0.15) is 0 Å². The van der Waals surface area contributed by atoms with E-state index in [2.05, 4.69) is 29.2 Å². The zero-order valence-corrected chi connectivity index (χ0v) is 9.93. The van der Waals surface area contributed by atoms with Crippen molar-refractivity contribution in [2.75, 3.05) is 0 Å². The topological polar surface area (TPSA) is 38.0 Å². The third-order valence-electron chi connectivity index (χ3n) is 3.39. The quantitative estimate of drug-likeness (QED) is 0.874. The van der Waals surface area contributed by atoms with E-state index >= 15 is 0 Å². The first kappa shape index (κ1) is 10.5. The highest BCUT2D eigenvalue weighted by molar-refractivity contribution is 5.56. The number of hydrogen-bond acceptors (Lipinski definition) is 2. The monoisotopic (exact) mass is 228 g/mol. The molecule has 1 fully saturated rings. The van der Waals surface area contributed by atoms with E-state index in [1.54, 1.807) is 6.20 Å². The van der Waals surface area contributed by atoms with Crippen LogP contribution in [0.25, 0.3) is 11.4 Å². The molecule has 1 aromatic heterocycles. The van der Waals surface area contributed by atoms with Crippen molar-refractivity contribution in [3.63, 3.8) is 0 Å². The summed E-state index contributed by atoms with van der Waals surface area (Å²) in [5.74, 6) is 0.974. The van der Waals surface area contributed by atoms with Crippen molar-refractivity contribution in [3.8, 4) is 11.4 Å². The number of hydrogen-bond donors (Lipinski definition) is 1. The van der Waals surface area contributed by atoms with E-state index in [0.29, 0.717) is 0 Å². The number of benzene rings is 1. The van der Waals surface area contributed by atoms with Crippen LogP contribution in [0.1, 0.15) is 18.4 Å². The molecule has 0 unspecified atom stereocenters. The van der Waals surface area contributed by atoms with E-state index in [0.717, 1.165) is 30.7 Å². The Labute approximate surface area is 101 Å². The molecule has 3 nitrogen and oxygen atoms in total. The number of nitrogens with zero attached hydrogens (tertiary/aromatic N) is 2. The van der Waals surface area contributed by atoms with Gasteiger partial charge in [-0.25, -0.2) is 4.98 Å². The standard InChI is InChI=1S/C14H16N2O/c1-16-9-8-15-13(16)12-4-2-11(3-5-12)10-14(17)6-7-14/h2-5,8-9,17H,6-7,10H2,1H3. The van der Waals surface area contributed by atoms with Crippen LogP contribution in [-0.2, 0) is 13.5 Å². The lowest BCUT2D eigenvalue weighted by Crippen LogP contribution is -2.10. The third-order valence-corrected chi connectivity index (χ3v) is 3.39. The summed E-state index contributed by atoms with van der Waals surface area (Å²) in [4.78, 5) is 4.32. The SMILES string of the molecule is Cn1ccnc1-c1ccc(CC2(O)CC2)cc1. The molecule has 1 saturated carbocycles. The zero-order valence-electron chi connectivity index (χ0n) is 9.93. The first-order valence-electron chi connectivity index (χ1n) is 5.95. The normalized spacial score (nSPS) is 17.1. The highest BCUT2D eigenvalue weighted by Crippen LogP contribution is 2.38. The van der Waals surface area contributed by atoms with Crippen molar-refractivity contribution >= 4 is 0 Å². The Bertz CT molecular complexity index is 523. The van der Waals surface area contributed by atoms with Gasteiger partial charge in [0, 0.05) is 31.4 Å². The largest absolute Gasteiger partial charge is 0.390 e. The van der Waals surface area contributed by atoms with Crippen LogP contribution in [0.15, 0.2) is 36.7 Å². The molecule has 0 bridgehead atoms. The van der Waals surface area contributed by atoms with Crippen LogP contribution in [0.4, 0.5) is 0 Å². The zero-order chi connectivity index (χ0) is 11.9. The van der Waals surface area contributed by atoms with Gasteiger partial charge in [0.25, 0.3) is 0 Å². The van der Waals surface area contributed by atoms with Crippen molar-refractivity contribution in [1.82, 2.24) is 9.55 Å². The molecule has 3 heteroatoms. The maximum absolute atomic E-state index is 9.86. The molecular formula is C14H16N2O. The second kappa shape index (κ2) is 3.70. The summed E-state index contributed by atoms with van der Waals surface area (Å²) in [7, 11) is 1.99. The van der Waals surface area contributed by atoms with Crippen LogP contribution in [0.3, 0.4) is 0 Å². The Morgan fingerprint density at radius 3 is 2.53 bits per heavy atom. The van der Waals surface area contributed by atoms with E-state index < -0.39 is 5.60 Å². The molecule has 0 amide bonds. The van der Waals surface area contributed by atoms with Crippen LogP contribution >= 0.6 is 0 Å². The summed E-state index contributed by atoms with van der Waals surface area (Å²) < 4.78 is 2.00. The first-order valence-corrected chi connectivity index (χ1v) is 5.95. The molecule has 1 aromatic carbocycles. The van der Waals surface area contributed by atoms with Gasteiger partial charge in [-0.05, 0) is 18.4 Å². The van der Waals surface area contributed by atoms with E-state index in [9.17, 15) is 5.11 Å². The molecule has 0 atom stereocenters. The Kier molecular flexibility index (Phi) is 2.30. The van der Waals surface area contributed by atoms with Crippen molar-refractivity contribution in [2.24, 2.45) is 7.05 Å². The Balaban J connectivity index is 1.83. The summed E-state index contributed by atoms with van der Waals surface area (Å²) in [5, 5.41) is 9.86. The number of aliphatic hydroxyl groups is 1. The smallest absolute Gasteiger partial charge is 0.139 e. The molecule has 2 aromatic rings. The van der Waals surface area contributed by atoms with Gasteiger partial charge in [0.1, 0.15) is 5.82 Å². The maximum Gasteiger partial charge on any atom is 0.139 e. The van der Waals surface area contributed by atoms with Crippen molar-refractivity contribution in [1.29, 1.82) is 0 Å². The summed E-state index contributed by atoms with van der Waals surface area (Å²) in [5.41, 5.74) is 1.90. The van der Waals surface area contributed by atoms with Crippen molar-refractivity contribution < 1.29 is 5.11 Å². The molecule has 1 N–H and O–H groups in total. The lowest BCUT2D eigenvalue weighted by atomic mass is 10.0. The van der Waals surface area contributed by atoms with Crippen LogP contribution in [-0.4, -0.2) is 20.3 Å². The van der Waals surface area contributed by atoms with E-state index in [1.165, 1.54) is 5.56 Å². The Morgan fingerprint density at radius 2 is 2.00 bits per heavy atom. The number of imidazole rings is 1. The fourth-order valence-corrected chi connectivity index (χ4v) is 2.12. The molecule has 1 aliphatic carbocycles. The minimum Gasteiger partial charge on any atom is -0.390 e. The molecular weight excluding hydrogens is 212 g/mol. The average molecular weight is 228 g/mol. The Morgan fingerprint density at radius 1 is 1.29 bits per heavy atom. The molecule has 3 rings (SSSR count). The highest BCUT2D eigenvalue weighted by Gasteiger charge is 2.39. The minimum atomic E-state index is -0.412. The summed E-state index contributed by atoms with van der Waals surface area (Å²) in [6.07, 6.45) is 6.39. The van der Waals surface area contributed by atoms with Crippen LogP contribution in [0.5, 0.6) is 0 Å². The fourth-order valence-electron chi connectivity index (χ4n) is 2.12. The third kappa shape index (κ3) is 2.11. The van der Waals surface area contributed by atoms with E-state index in [-0.39, 0.29) is 0 Å². The molecule has 0 aliphatic heterocycles. The van der Waals surface area contributed by atoms with E-state index in [1.807, 2.05) is 17.8 Å². The minimum absolute atomic E-state index is 0.412. The van der Waals surface area contributed by atoms with Gasteiger partial charge in [-0.3, -0.25) is 0 Å². The molecule has 17 heavy (non-hydrogen) atoms. The molecule has 0 spiro atoms. The summed E-state index contributed by atoms with van der Waals surface area (Å²) >= 11 is 0. The van der Waals surface area contributed by atoms with Gasteiger partial charge in [-0.1, -0.05) is 24.3 Å². The predicted molar refractivity (Wildman–Crippen MR) is 66.5 cm³/mol. The van der Waals surface area contributed by atoms with Crippen LogP contribution in [0.2, 0.25) is 0 Å². The summed E-state index contributed by atoms with van der Waals surface area (Å²) in [6.45, 7) is 0. The van der Waals surface area contributed by atoms with Gasteiger partial charge >= 0.3 is 0 Å². The summed E-state index contributed by atoms with van der Waals surface area (Å²) in [6, 6.07) is 8.31. The Hall–Kier alpha value is -1.61. The first-order chi connectivity index (χ1) is 8.16. The number of rotatable bonds is 3. The predicted octanol–water partition coefficient (Wildman–Crippen LogP) is 2.15. The highest BCUT2D eigenvalue weighted by atomic mass is 16.3. The van der Waals surface area contributed by atoms with Crippen LogP contribution in [0, 0.1) is 0 Å². The number of aryl methyl sites for hydroxylation is 1. The van der Waals surface area contributed by atoms with Gasteiger partial charge < -0.3 is 9.67 Å². The fraction of sp³-hybridized carbons (Fsp3) is 0.357. The van der Waals surface area contributed by atoms with Gasteiger partial charge in [-0.15, -0.1) is 0 Å². The van der Waals surface area contributed by atoms with E-state index in [4.69, 9.17) is 0 Å². The van der Waals surface area contributed by atoms with Gasteiger partial charge in [0.2, 0.25) is 0 Å². The lowest BCUT2D eigenvalue weighted by molar-refractivity contribution is 0.151. The molecule has 0 radical (unpaired) electrons. The lowest BCUT2D eigenvalue weighted by Gasteiger charge is -2.08. The van der Waals surface area contributed by atoms with Gasteiger partial charge in [0.05, 0.1) is 5.60 Å². The molecule has 0 saturated heterocycles. The van der Waals surface area contributed by atoms with Gasteiger partial charge in [0.15, 0.2) is 0 Å². The number of aromatic nitrogens is 2. The van der Waals surface area contributed by atoms with Crippen LogP contribution < -0.4 is 0 Å². The van der Waals surface area contributed by atoms with Crippen molar-refractivity contribution in [3.05, 3.63) is 42.2 Å².